The topological polar surface area (TPSA) is 30.0 Å². The molecule has 0 heterocycles. The van der Waals surface area contributed by atoms with Crippen molar-refractivity contribution in [3.8, 4) is 0 Å². The Morgan fingerprint density at radius 1 is 1.00 bits per heavy atom. The Morgan fingerprint density at radius 3 is 1.00 bits per heavy atom. The standard InChI is InChI=1S/Al.Li.Mg.H2O/h;;;1H2/q+3;+1;+2;/p-1. The van der Waals surface area contributed by atoms with Gasteiger partial charge in [-0.15, -0.1) is 0 Å². The minimum Gasteiger partial charge on any atom is -0.870 e. The predicted molar refractivity (Wildman–Crippen MR) is 13.4 cm³/mol. The summed E-state index contributed by atoms with van der Waals surface area (Å²) in [4.78, 5) is 0. The first-order chi connectivity index (χ1) is 0. The van der Waals surface area contributed by atoms with E-state index in [4.69, 9.17) is 0 Å². The molecule has 0 radical (unpaired) electrons. The average Bonchev–Trinajstić information content (AvgIpc) is 0. The third-order valence-corrected chi connectivity index (χ3v) is 0. The van der Waals surface area contributed by atoms with E-state index >= 15 is 0 Å². The molecule has 4 heteroatoms. The Hall–Kier alpha value is 1.86. The first-order valence-electron chi connectivity index (χ1n) is 0. The summed E-state index contributed by atoms with van der Waals surface area (Å²) < 4.78 is 0. The Balaban J connectivity index is 0. The second-order valence-corrected chi connectivity index (χ2v) is 0. The van der Waals surface area contributed by atoms with Crippen molar-refractivity contribution in [3.63, 3.8) is 0 Å². The van der Waals surface area contributed by atoms with E-state index in [1.807, 2.05) is 0 Å². The third-order valence-electron chi connectivity index (χ3n) is 0. The van der Waals surface area contributed by atoms with E-state index < -0.39 is 0 Å². The van der Waals surface area contributed by atoms with Gasteiger partial charge in [0.05, 0.1) is 0 Å². The fraction of sp³-hybridized carbons (Fsp3) is 0. The smallest absolute Gasteiger partial charge is 0.870 e. The Morgan fingerprint density at radius 2 is 1.00 bits per heavy atom. The molecule has 0 bridgehead atoms. The maximum Gasteiger partial charge on any atom is 3.00 e. The molecule has 0 aliphatic rings. The molecule has 1 nitrogen and oxygen atoms in total. The van der Waals surface area contributed by atoms with Crippen LogP contribution in [0.1, 0.15) is 0 Å². The van der Waals surface area contributed by atoms with E-state index in [1.54, 1.807) is 0 Å². The molecule has 0 saturated heterocycles. The van der Waals surface area contributed by atoms with Gasteiger partial charge in [0.15, 0.2) is 0 Å². The average molecular weight is 75.2 g/mol. The van der Waals surface area contributed by atoms with Crippen LogP contribution in [-0.4, -0.2) is 45.9 Å². The largest absolute Gasteiger partial charge is 3.00 e. The maximum atomic E-state index is 0. The summed E-state index contributed by atoms with van der Waals surface area (Å²) in [5.41, 5.74) is 0. The van der Waals surface area contributed by atoms with Gasteiger partial charge in [-0.25, -0.2) is 0 Å². The Bertz CT molecular complexity index is 8.00. The van der Waals surface area contributed by atoms with E-state index in [1.165, 1.54) is 0 Å². The fourth-order valence-corrected chi connectivity index (χ4v) is 0. The van der Waals surface area contributed by atoms with E-state index in [-0.39, 0.29) is 64.8 Å². The van der Waals surface area contributed by atoms with Crippen molar-refractivity contribution in [2.24, 2.45) is 0 Å². The van der Waals surface area contributed by atoms with Crippen molar-refractivity contribution in [3.05, 3.63) is 0 Å². The summed E-state index contributed by atoms with van der Waals surface area (Å²) in [5, 5.41) is 0. The van der Waals surface area contributed by atoms with E-state index in [0.717, 1.165) is 0 Å². The van der Waals surface area contributed by atoms with Crippen LogP contribution in [0, 0.1) is 0 Å². The van der Waals surface area contributed by atoms with Crippen LogP contribution in [0.4, 0.5) is 0 Å². The molecule has 0 spiro atoms. The van der Waals surface area contributed by atoms with Gasteiger partial charge in [0, 0.05) is 0 Å². The summed E-state index contributed by atoms with van der Waals surface area (Å²) in [6, 6.07) is 0. The van der Waals surface area contributed by atoms with Crippen molar-refractivity contribution < 1.29 is 24.3 Å². The molecule has 4 heavy (non-hydrogen) atoms. The second kappa shape index (κ2) is 21.0. The van der Waals surface area contributed by atoms with Crippen molar-refractivity contribution in [1.82, 2.24) is 0 Å². The normalized spacial score (nSPS) is 0. The van der Waals surface area contributed by atoms with Crippen molar-refractivity contribution in [2.45, 2.75) is 0 Å². The van der Waals surface area contributed by atoms with Gasteiger partial charge in [-0.05, 0) is 0 Å². The number of hydrogen-bond donors (Lipinski definition) is 0. The predicted octanol–water partition coefficient (Wildman–Crippen LogP) is -3.93. The molecule has 0 saturated carbocycles. The van der Waals surface area contributed by atoms with Crippen LogP contribution in [0.5, 0.6) is 0 Å². The second-order valence-electron chi connectivity index (χ2n) is 0. The molecule has 0 aliphatic carbocycles. The van der Waals surface area contributed by atoms with E-state index in [2.05, 4.69) is 0 Å². The first kappa shape index (κ1) is 40.1. The molecule has 1 N–H and O–H groups in total. The molecule has 0 aliphatic heterocycles. The maximum absolute atomic E-state index is 0. The van der Waals surface area contributed by atoms with Crippen LogP contribution in [0.2, 0.25) is 0 Å². The number of hydrogen-bond acceptors (Lipinski definition) is 1. The quantitative estimate of drug-likeness (QED) is 0.270. The number of rotatable bonds is 0. The molecule has 0 amide bonds. The Labute approximate surface area is 64.3 Å². The van der Waals surface area contributed by atoms with E-state index in [9.17, 15) is 0 Å². The van der Waals surface area contributed by atoms with Gasteiger partial charge in [-0.1, -0.05) is 0 Å². The van der Waals surface area contributed by atoms with Crippen molar-refractivity contribution in [2.75, 3.05) is 0 Å². The molecule has 0 aromatic heterocycles. The van der Waals surface area contributed by atoms with Crippen LogP contribution >= 0.6 is 0 Å². The van der Waals surface area contributed by atoms with Crippen LogP contribution in [0.25, 0.3) is 0 Å². The Kier molecular flexibility index (Phi) is 210. The van der Waals surface area contributed by atoms with Gasteiger partial charge in [0.25, 0.3) is 0 Å². The third kappa shape index (κ3) is 9.13. The molecule has 0 unspecified atom stereocenters. The fourth-order valence-electron chi connectivity index (χ4n) is 0. The molecule has 0 atom stereocenters. The molecule has 0 aromatic carbocycles. The minimum atomic E-state index is 0. The van der Waals surface area contributed by atoms with Crippen molar-refractivity contribution in [1.29, 1.82) is 0 Å². The summed E-state index contributed by atoms with van der Waals surface area (Å²) >= 11 is 0. The molecule has 0 rings (SSSR count). The molecular formula is HAlLiMgO+5. The summed E-state index contributed by atoms with van der Waals surface area (Å²) in [6.45, 7) is 0. The zero-order chi connectivity index (χ0) is 0. The van der Waals surface area contributed by atoms with Crippen LogP contribution in [0.15, 0.2) is 0 Å². The van der Waals surface area contributed by atoms with Gasteiger partial charge in [-0.2, -0.15) is 0 Å². The van der Waals surface area contributed by atoms with Gasteiger partial charge < -0.3 is 5.48 Å². The van der Waals surface area contributed by atoms with Gasteiger partial charge in [0.1, 0.15) is 0 Å². The summed E-state index contributed by atoms with van der Waals surface area (Å²) in [7, 11) is 0. The van der Waals surface area contributed by atoms with Gasteiger partial charge in [-0.3, -0.25) is 0 Å². The molecule has 8 valence electrons. The summed E-state index contributed by atoms with van der Waals surface area (Å²) in [6.07, 6.45) is 0. The van der Waals surface area contributed by atoms with Gasteiger partial charge >= 0.3 is 59.3 Å². The minimum absolute atomic E-state index is 0. The molecule has 0 aromatic rings. The van der Waals surface area contributed by atoms with Crippen LogP contribution in [-0.2, 0) is 0 Å². The first-order valence-corrected chi connectivity index (χ1v) is 0. The van der Waals surface area contributed by atoms with Crippen LogP contribution in [0.3, 0.4) is 0 Å². The zero-order valence-corrected chi connectivity index (χ0v) is 5.30. The van der Waals surface area contributed by atoms with E-state index in [0.29, 0.717) is 0 Å². The molecular weight excluding hydrogens is 74.2 g/mol. The van der Waals surface area contributed by atoms with Crippen LogP contribution < -0.4 is 18.9 Å². The SMILES string of the molecule is [Al+3].[Li+].[Mg+2].[OH-]. The monoisotopic (exact) mass is 75.0 g/mol. The molecule has 0 fully saturated rings. The zero-order valence-electron chi connectivity index (χ0n) is 2.73. The van der Waals surface area contributed by atoms with Crippen molar-refractivity contribution >= 4 is 40.4 Å². The van der Waals surface area contributed by atoms with Gasteiger partial charge in [0.2, 0.25) is 0 Å². The summed E-state index contributed by atoms with van der Waals surface area (Å²) in [5.74, 6) is 0.